The SMILES string of the molecule is CCCC1CC1NC(=O)Nc1ccc(C(=O)O)c(Cl)c1. The van der Waals surface area contributed by atoms with Crippen molar-refractivity contribution >= 4 is 29.3 Å². The third kappa shape index (κ3) is 3.63. The lowest BCUT2D eigenvalue weighted by atomic mass is 10.2. The Morgan fingerprint density at radius 1 is 1.45 bits per heavy atom. The molecule has 5 nitrogen and oxygen atoms in total. The normalized spacial score (nSPS) is 20.3. The lowest BCUT2D eigenvalue weighted by Gasteiger charge is -2.08. The number of hydrogen-bond acceptors (Lipinski definition) is 2. The van der Waals surface area contributed by atoms with Crippen LogP contribution in [0.15, 0.2) is 18.2 Å². The largest absolute Gasteiger partial charge is 0.478 e. The molecule has 0 spiro atoms. The molecule has 0 aliphatic heterocycles. The van der Waals surface area contributed by atoms with E-state index in [-0.39, 0.29) is 22.7 Å². The fourth-order valence-electron chi connectivity index (χ4n) is 2.22. The number of aromatic carboxylic acids is 1. The average molecular weight is 297 g/mol. The first-order chi connectivity index (χ1) is 9.51. The lowest BCUT2D eigenvalue weighted by molar-refractivity contribution is 0.0697. The van der Waals surface area contributed by atoms with Gasteiger partial charge in [-0.3, -0.25) is 0 Å². The van der Waals surface area contributed by atoms with E-state index in [4.69, 9.17) is 16.7 Å². The molecule has 2 unspecified atom stereocenters. The first kappa shape index (κ1) is 14.7. The van der Waals surface area contributed by atoms with Crippen LogP contribution in [0.25, 0.3) is 0 Å². The zero-order valence-electron chi connectivity index (χ0n) is 11.1. The zero-order chi connectivity index (χ0) is 14.7. The molecule has 2 atom stereocenters. The molecule has 108 valence electrons. The molecule has 0 heterocycles. The minimum atomic E-state index is -1.09. The Morgan fingerprint density at radius 2 is 2.20 bits per heavy atom. The molecule has 2 rings (SSSR count). The van der Waals surface area contributed by atoms with E-state index in [9.17, 15) is 9.59 Å². The summed E-state index contributed by atoms with van der Waals surface area (Å²) in [5.41, 5.74) is 0.494. The van der Waals surface area contributed by atoms with Gasteiger partial charge in [-0.25, -0.2) is 9.59 Å². The maximum Gasteiger partial charge on any atom is 0.337 e. The molecule has 1 aliphatic rings. The highest BCUT2D eigenvalue weighted by atomic mass is 35.5. The van der Waals surface area contributed by atoms with Gasteiger partial charge in [-0.15, -0.1) is 0 Å². The van der Waals surface area contributed by atoms with Gasteiger partial charge in [-0.2, -0.15) is 0 Å². The summed E-state index contributed by atoms with van der Waals surface area (Å²) in [6.45, 7) is 2.13. The molecule has 2 amide bonds. The van der Waals surface area contributed by atoms with Gasteiger partial charge in [0.2, 0.25) is 0 Å². The van der Waals surface area contributed by atoms with Gasteiger partial charge in [0, 0.05) is 11.7 Å². The van der Waals surface area contributed by atoms with E-state index in [0.717, 1.165) is 19.3 Å². The van der Waals surface area contributed by atoms with Crippen molar-refractivity contribution < 1.29 is 14.7 Å². The minimum Gasteiger partial charge on any atom is -0.478 e. The maximum absolute atomic E-state index is 11.8. The number of carboxylic acid groups (broad SMARTS) is 1. The van der Waals surface area contributed by atoms with E-state index in [0.29, 0.717) is 11.6 Å². The number of carbonyl (C=O) groups excluding carboxylic acids is 1. The third-order valence-electron chi connectivity index (χ3n) is 3.36. The van der Waals surface area contributed by atoms with Gasteiger partial charge >= 0.3 is 12.0 Å². The predicted molar refractivity (Wildman–Crippen MR) is 77.4 cm³/mol. The Labute approximate surface area is 122 Å². The summed E-state index contributed by atoms with van der Waals surface area (Å²) in [6, 6.07) is 4.29. The highest BCUT2D eigenvalue weighted by molar-refractivity contribution is 6.33. The number of nitrogens with one attached hydrogen (secondary N) is 2. The Bertz CT molecular complexity index is 533. The lowest BCUT2D eigenvalue weighted by Crippen LogP contribution is -2.31. The molecular formula is C14H17ClN2O3. The Hall–Kier alpha value is -1.75. The summed E-state index contributed by atoms with van der Waals surface area (Å²) in [6.07, 6.45) is 3.28. The number of benzene rings is 1. The molecule has 1 aromatic rings. The summed E-state index contributed by atoms with van der Waals surface area (Å²) in [4.78, 5) is 22.6. The van der Waals surface area contributed by atoms with Gasteiger partial charge < -0.3 is 15.7 Å². The van der Waals surface area contributed by atoms with Crippen molar-refractivity contribution in [3.05, 3.63) is 28.8 Å². The van der Waals surface area contributed by atoms with Crippen LogP contribution < -0.4 is 10.6 Å². The Balaban J connectivity index is 1.89. The highest BCUT2D eigenvalue weighted by Crippen LogP contribution is 2.34. The number of anilines is 1. The summed E-state index contributed by atoms with van der Waals surface area (Å²) >= 11 is 5.84. The number of carboxylic acids is 1. The average Bonchev–Trinajstić information content (AvgIpc) is 3.06. The molecule has 20 heavy (non-hydrogen) atoms. The van der Waals surface area contributed by atoms with Crippen LogP contribution in [0.4, 0.5) is 10.5 Å². The summed E-state index contributed by atoms with van der Waals surface area (Å²) in [5.74, 6) is -0.505. The van der Waals surface area contributed by atoms with Crippen molar-refractivity contribution in [3.8, 4) is 0 Å². The molecule has 3 N–H and O–H groups in total. The first-order valence-corrected chi connectivity index (χ1v) is 6.99. The van der Waals surface area contributed by atoms with Crippen LogP contribution in [-0.2, 0) is 0 Å². The first-order valence-electron chi connectivity index (χ1n) is 6.61. The van der Waals surface area contributed by atoms with Crippen LogP contribution in [0, 0.1) is 5.92 Å². The molecule has 0 aromatic heterocycles. The van der Waals surface area contributed by atoms with E-state index in [2.05, 4.69) is 17.6 Å². The predicted octanol–water partition coefficient (Wildman–Crippen LogP) is 3.35. The minimum absolute atomic E-state index is 0.0165. The summed E-state index contributed by atoms with van der Waals surface area (Å²) in [5, 5.41) is 14.5. The second-order valence-corrected chi connectivity index (χ2v) is 5.40. The fraction of sp³-hybridized carbons (Fsp3) is 0.429. The smallest absolute Gasteiger partial charge is 0.337 e. The van der Waals surface area contributed by atoms with E-state index in [1.165, 1.54) is 18.2 Å². The third-order valence-corrected chi connectivity index (χ3v) is 3.67. The van der Waals surface area contributed by atoms with Crippen LogP contribution in [-0.4, -0.2) is 23.1 Å². The molecule has 0 saturated heterocycles. The quantitative estimate of drug-likeness (QED) is 0.779. The van der Waals surface area contributed by atoms with E-state index in [1.54, 1.807) is 0 Å². The van der Waals surface area contributed by atoms with Crippen molar-refractivity contribution in [2.24, 2.45) is 5.92 Å². The number of rotatable bonds is 5. The monoisotopic (exact) mass is 296 g/mol. The molecule has 1 fully saturated rings. The van der Waals surface area contributed by atoms with Crippen LogP contribution in [0.3, 0.4) is 0 Å². The number of amides is 2. The number of urea groups is 1. The zero-order valence-corrected chi connectivity index (χ0v) is 11.9. The van der Waals surface area contributed by atoms with Crippen LogP contribution >= 0.6 is 11.6 Å². The number of hydrogen-bond donors (Lipinski definition) is 3. The van der Waals surface area contributed by atoms with Gasteiger partial charge in [-0.1, -0.05) is 24.9 Å². The van der Waals surface area contributed by atoms with Crippen LogP contribution in [0.2, 0.25) is 5.02 Å². The Morgan fingerprint density at radius 3 is 2.80 bits per heavy atom. The van der Waals surface area contributed by atoms with Crippen LogP contribution in [0.1, 0.15) is 36.5 Å². The highest BCUT2D eigenvalue weighted by Gasteiger charge is 2.37. The summed E-state index contributed by atoms with van der Waals surface area (Å²) < 4.78 is 0. The topological polar surface area (TPSA) is 78.4 Å². The molecule has 1 aromatic carbocycles. The van der Waals surface area contributed by atoms with E-state index in [1.807, 2.05) is 0 Å². The van der Waals surface area contributed by atoms with Gasteiger partial charge in [0.15, 0.2) is 0 Å². The van der Waals surface area contributed by atoms with E-state index < -0.39 is 5.97 Å². The van der Waals surface area contributed by atoms with Crippen LogP contribution in [0.5, 0.6) is 0 Å². The fourth-order valence-corrected chi connectivity index (χ4v) is 2.48. The molecular weight excluding hydrogens is 280 g/mol. The van der Waals surface area contributed by atoms with E-state index >= 15 is 0 Å². The molecule has 1 saturated carbocycles. The second kappa shape index (κ2) is 6.13. The van der Waals surface area contributed by atoms with Gasteiger partial charge in [-0.05, 0) is 37.0 Å². The summed E-state index contributed by atoms with van der Waals surface area (Å²) in [7, 11) is 0. The van der Waals surface area contributed by atoms with Gasteiger partial charge in [0.05, 0.1) is 10.6 Å². The van der Waals surface area contributed by atoms with Gasteiger partial charge in [0.1, 0.15) is 0 Å². The molecule has 0 bridgehead atoms. The maximum atomic E-state index is 11.8. The Kier molecular flexibility index (Phi) is 4.49. The second-order valence-electron chi connectivity index (χ2n) is 4.99. The van der Waals surface area contributed by atoms with Crippen molar-refractivity contribution in [2.45, 2.75) is 32.2 Å². The van der Waals surface area contributed by atoms with Gasteiger partial charge in [0.25, 0.3) is 0 Å². The standard InChI is InChI=1S/C14H17ClN2O3/c1-2-3-8-6-12(8)17-14(20)16-9-4-5-10(13(18)19)11(15)7-9/h4-5,7-8,12H,2-3,6H2,1H3,(H,18,19)(H2,16,17,20). The van der Waals surface area contributed by atoms with Crippen molar-refractivity contribution in [2.75, 3.05) is 5.32 Å². The number of halogens is 1. The number of carbonyl (C=O) groups is 2. The molecule has 0 radical (unpaired) electrons. The van der Waals surface area contributed by atoms with Crippen molar-refractivity contribution in [1.29, 1.82) is 0 Å². The molecule has 6 heteroatoms. The van der Waals surface area contributed by atoms with Crippen molar-refractivity contribution in [3.63, 3.8) is 0 Å². The van der Waals surface area contributed by atoms with Crippen molar-refractivity contribution in [1.82, 2.24) is 5.32 Å². The molecule has 1 aliphatic carbocycles.